The highest BCUT2D eigenvalue weighted by Gasteiger charge is 2.20. The Morgan fingerprint density at radius 3 is 1.69 bits per heavy atom. The molecule has 19 heteroatoms. The number of furan rings is 2. The van der Waals surface area contributed by atoms with Crippen molar-refractivity contribution in [2.24, 2.45) is 0 Å². The molecule has 0 aliphatic carbocycles. The first-order chi connectivity index (χ1) is 22.8. The number of amides is 2. The summed E-state index contributed by atoms with van der Waals surface area (Å²) in [5.41, 5.74) is 0.908. The van der Waals surface area contributed by atoms with Crippen LogP contribution in [-0.4, -0.2) is 84.8 Å². The summed E-state index contributed by atoms with van der Waals surface area (Å²) in [6, 6.07) is 11.2. The number of nitrogens with zero attached hydrogens (tertiary/aromatic N) is 4. The fraction of sp³-hybridized carbons (Fsp3) is 0.310. The molecule has 0 saturated heterocycles. The van der Waals surface area contributed by atoms with Crippen LogP contribution in [0, 0.1) is 27.2 Å². The summed E-state index contributed by atoms with van der Waals surface area (Å²) in [6.45, 7) is 8.19. The first-order valence-corrected chi connectivity index (χ1v) is 15.3. The van der Waals surface area contributed by atoms with Crippen LogP contribution in [0.25, 0.3) is 0 Å². The Balaban J connectivity index is 0.000000365. The second-order valence-electron chi connectivity index (χ2n) is 9.39. The molecule has 1 aromatic carbocycles. The van der Waals surface area contributed by atoms with Crippen molar-refractivity contribution in [1.29, 1.82) is 0 Å². The molecule has 3 rings (SSSR count). The van der Waals surface area contributed by atoms with Gasteiger partial charge in [0, 0.05) is 26.2 Å². The van der Waals surface area contributed by atoms with E-state index in [1.165, 1.54) is 52.3 Å². The van der Waals surface area contributed by atoms with E-state index in [1.807, 2.05) is 6.92 Å². The van der Waals surface area contributed by atoms with Gasteiger partial charge in [0.05, 0.1) is 30.2 Å². The Morgan fingerprint density at radius 1 is 0.833 bits per heavy atom. The molecule has 3 aromatic rings. The molecule has 48 heavy (non-hydrogen) atoms. The molecule has 0 atom stereocenters. The predicted molar refractivity (Wildman–Crippen MR) is 166 cm³/mol. The van der Waals surface area contributed by atoms with E-state index in [0.29, 0.717) is 0 Å². The minimum absolute atomic E-state index is 0.0142. The summed E-state index contributed by atoms with van der Waals surface area (Å²) in [7, 11) is -3.96. The van der Waals surface area contributed by atoms with E-state index in [2.05, 4.69) is 13.2 Å². The largest absolute Gasteiger partial charge is 0.441 e. The van der Waals surface area contributed by atoms with Crippen molar-refractivity contribution in [2.45, 2.75) is 25.0 Å². The van der Waals surface area contributed by atoms with Crippen molar-refractivity contribution in [3.05, 3.63) is 111 Å². The van der Waals surface area contributed by atoms with Gasteiger partial charge in [-0.25, -0.2) is 9.59 Å². The van der Waals surface area contributed by atoms with Crippen molar-refractivity contribution in [3.63, 3.8) is 0 Å². The van der Waals surface area contributed by atoms with Crippen molar-refractivity contribution in [2.75, 3.05) is 39.4 Å². The fourth-order valence-electron chi connectivity index (χ4n) is 3.51. The van der Waals surface area contributed by atoms with Gasteiger partial charge in [-0.1, -0.05) is 29.8 Å². The Kier molecular flexibility index (Phi) is 15.5. The van der Waals surface area contributed by atoms with E-state index in [-0.39, 0.29) is 69.0 Å². The number of ether oxygens (including phenoxy) is 2. The molecular formula is C29H34N4O14S. The predicted octanol–water partition coefficient (Wildman–Crippen LogP) is 4.33. The van der Waals surface area contributed by atoms with Crippen molar-refractivity contribution < 1.29 is 55.5 Å². The topological polar surface area (TPSA) is 235 Å². The molecule has 2 amide bonds. The zero-order valence-electron chi connectivity index (χ0n) is 25.8. The van der Waals surface area contributed by atoms with E-state index in [0.717, 1.165) is 11.6 Å². The minimum Gasteiger partial charge on any atom is -0.441 e. The first kappa shape index (κ1) is 38.7. The smallest absolute Gasteiger partial charge is 0.433 e. The highest BCUT2D eigenvalue weighted by molar-refractivity contribution is 7.86. The third-order valence-electron chi connectivity index (χ3n) is 5.83. The maximum absolute atomic E-state index is 12.2. The second-order valence-corrected chi connectivity index (χ2v) is 11.0. The molecular weight excluding hydrogens is 660 g/mol. The summed E-state index contributed by atoms with van der Waals surface area (Å²) in [6.07, 6.45) is 1.50. The summed E-state index contributed by atoms with van der Waals surface area (Å²) in [5, 5.41) is 29.8. The van der Waals surface area contributed by atoms with E-state index in [4.69, 9.17) is 27.6 Å². The molecule has 0 spiro atoms. The number of benzene rings is 1. The molecule has 2 heterocycles. The van der Waals surface area contributed by atoms with Crippen molar-refractivity contribution in [1.82, 2.24) is 9.80 Å². The van der Waals surface area contributed by atoms with Crippen molar-refractivity contribution in [3.8, 4) is 0 Å². The highest BCUT2D eigenvalue weighted by Crippen LogP contribution is 2.18. The maximum atomic E-state index is 12.2. The minimum atomic E-state index is -3.96. The average molecular weight is 695 g/mol. The van der Waals surface area contributed by atoms with Crippen LogP contribution in [0.4, 0.5) is 21.4 Å². The van der Waals surface area contributed by atoms with Gasteiger partial charge in [0.1, 0.15) is 21.4 Å². The Hall–Kier alpha value is -5.53. The second kappa shape index (κ2) is 19.2. The lowest BCUT2D eigenvalue weighted by atomic mass is 10.2. The van der Waals surface area contributed by atoms with E-state index < -0.39 is 43.9 Å². The molecule has 0 saturated carbocycles. The van der Waals surface area contributed by atoms with Gasteiger partial charge in [0.25, 0.3) is 10.1 Å². The lowest BCUT2D eigenvalue weighted by Gasteiger charge is -2.20. The zero-order chi connectivity index (χ0) is 35.7. The SMILES string of the molecule is C=CCN(CCO)C(=O)OCc1ccc([N+](=O)[O-])o1.C=CCN(CCOS(=O)(=O)c1ccc(C)cc1)C(=O)OCc1ccc([N+](=O)[O-])o1. The van der Waals surface area contributed by atoms with Gasteiger partial charge in [0.15, 0.2) is 13.2 Å². The van der Waals surface area contributed by atoms with Gasteiger partial charge in [0.2, 0.25) is 0 Å². The van der Waals surface area contributed by atoms with Gasteiger partial charge in [-0.3, -0.25) is 24.4 Å². The molecule has 1 N–H and O–H groups in total. The third-order valence-corrected chi connectivity index (χ3v) is 7.15. The summed E-state index contributed by atoms with van der Waals surface area (Å²) in [5.74, 6) is -0.609. The Labute approximate surface area is 274 Å². The van der Waals surface area contributed by atoms with Crippen LogP contribution in [0.15, 0.2) is 87.6 Å². The lowest BCUT2D eigenvalue weighted by Crippen LogP contribution is -2.35. The maximum Gasteiger partial charge on any atom is 0.433 e. The quantitative estimate of drug-likeness (QED) is 0.0896. The number of aliphatic hydroxyl groups excluding tert-OH is 1. The molecule has 260 valence electrons. The molecule has 18 nitrogen and oxygen atoms in total. The van der Waals surface area contributed by atoms with E-state index >= 15 is 0 Å². The standard InChI is InChI=1S/C18H20N2O8S.C11H14N2O6/c1-3-10-19(18(21)26-13-15-6-9-17(28-15)20(22)23)11-12-27-29(24,25)16-7-4-14(2)5-8-16;1-2-5-12(6-7-14)11(15)18-8-9-3-4-10(19-9)13(16)17/h3-9H,1,10-13H2,2H3;2-4,14H,1,5-8H2. The van der Waals surface area contributed by atoms with Gasteiger partial charge < -0.3 is 33.2 Å². The van der Waals surface area contributed by atoms with Crippen LogP contribution in [0.3, 0.4) is 0 Å². The molecule has 2 aromatic heterocycles. The number of aliphatic hydroxyl groups is 1. The van der Waals surface area contributed by atoms with Crippen LogP contribution in [-0.2, 0) is 37.0 Å². The molecule has 0 radical (unpaired) electrons. The molecule has 0 aliphatic heterocycles. The zero-order valence-corrected chi connectivity index (χ0v) is 26.6. The number of nitro groups is 2. The van der Waals surface area contributed by atoms with Crippen LogP contribution in [0.5, 0.6) is 0 Å². The third kappa shape index (κ3) is 12.7. The number of aryl methyl sites for hydroxylation is 1. The number of carbonyl (C=O) groups is 2. The van der Waals surface area contributed by atoms with E-state index in [1.54, 1.807) is 12.1 Å². The van der Waals surface area contributed by atoms with E-state index in [9.17, 15) is 38.2 Å². The lowest BCUT2D eigenvalue weighted by molar-refractivity contribution is -0.402. The van der Waals surface area contributed by atoms with Gasteiger partial charge in [-0.15, -0.1) is 13.2 Å². The number of rotatable bonds is 17. The molecule has 0 fully saturated rings. The van der Waals surface area contributed by atoms with Crippen LogP contribution in [0.2, 0.25) is 0 Å². The van der Waals surface area contributed by atoms with Crippen molar-refractivity contribution >= 4 is 34.1 Å². The van der Waals surface area contributed by atoms with Gasteiger partial charge in [-0.05, 0) is 31.2 Å². The first-order valence-electron chi connectivity index (χ1n) is 13.9. The average Bonchev–Trinajstić information content (AvgIpc) is 3.73. The molecule has 0 unspecified atom stereocenters. The summed E-state index contributed by atoms with van der Waals surface area (Å²) in [4.78, 5) is 45.8. The number of carbonyl (C=O) groups excluding carboxylic acids is 2. The number of hydrogen-bond acceptors (Lipinski definition) is 14. The van der Waals surface area contributed by atoms with Gasteiger partial charge in [-0.2, -0.15) is 8.42 Å². The Morgan fingerprint density at radius 2 is 1.29 bits per heavy atom. The van der Waals surface area contributed by atoms with Crippen LogP contribution >= 0.6 is 0 Å². The summed E-state index contributed by atoms with van der Waals surface area (Å²) < 4.78 is 49.0. The number of hydrogen-bond donors (Lipinski definition) is 1. The Bertz CT molecular complexity index is 1650. The summed E-state index contributed by atoms with van der Waals surface area (Å²) >= 11 is 0. The highest BCUT2D eigenvalue weighted by atomic mass is 32.2. The molecule has 0 aliphatic rings. The van der Waals surface area contributed by atoms with Gasteiger partial charge >= 0.3 is 24.0 Å². The fourth-order valence-corrected chi connectivity index (χ4v) is 4.41. The monoisotopic (exact) mass is 694 g/mol. The van der Waals surface area contributed by atoms with Crippen LogP contribution in [0.1, 0.15) is 17.1 Å². The van der Waals surface area contributed by atoms with Crippen LogP contribution < -0.4 is 0 Å². The molecule has 0 bridgehead atoms. The normalized spacial score (nSPS) is 10.6.